The predicted octanol–water partition coefficient (Wildman–Crippen LogP) is 2.34. The highest BCUT2D eigenvalue weighted by Gasteiger charge is 2.23. The van der Waals surface area contributed by atoms with Crippen molar-refractivity contribution in [3.05, 3.63) is 35.3 Å². The summed E-state index contributed by atoms with van der Waals surface area (Å²) in [7, 11) is 0. The first-order chi connectivity index (χ1) is 10.8. The monoisotopic (exact) mass is 348 g/mol. The van der Waals surface area contributed by atoms with Crippen LogP contribution < -0.4 is 5.73 Å². The molecular weight excluding hydrogens is 340 g/mol. The highest BCUT2D eigenvalue weighted by Crippen LogP contribution is 2.32. The van der Waals surface area contributed by atoms with Crippen molar-refractivity contribution < 1.29 is 27.1 Å². The van der Waals surface area contributed by atoms with Crippen LogP contribution in [-0.2, 0) is 4.74 Å². The van der Waals surface area contributed by atoms with Gasteiger partial charge >= 0.3 is 5.97 Å². The first-order valence-corrected chi connectivity index (χ1v) is 6.84. The molecule has 0 spiro atoms. The van der Waals surface area contributed by atoms with E-state index in [1.54, 1.807) is 6.92 Å². The van der Waals surface area contributed by atoms with Gasteiger partial charge in [-0.25, -0.2) is 23.5 Å². The molecule has 0 aliphatic rings. The van der Waals surface area contributed by atoms with Crippen molar-refractivity contribution >= 4 is 23.5 Å². The maximum Gasteiger partial charge on any atom is 0.343 e. The molecule has 2 N–H and O–H groups in total. The molecular formula is C12H8F4N4O2S. The van der Waals surface area contributed by atoms with Crippen LogP contribution in [0.2, 0.25) is 0 Å². The van der Waals surface area contributed by atoms with Gasteiger partial charge in [0.2, 0.25) is 0 Å². The highest BCUT2D eigenvalue weighted by atomic mass is 32.2. The van der Waals surface area contributed by atoms with Gasteiger partial charge in [0.25, 0.3) is 11.9 Å². The number of carbonyl (C=O) groups excluding carboxylic acids is 1. The first kappa shape index (κ1) is 16.9. The van der Waals surface area contributed by atoms with E-state index < -0.39 is 34.4 Å². The summed E-state index contributed by atoms with van der Waals surface area (Å²) in [5.74, 6) is -8.07. The van der Waals surface area contributed by atoms with E-state index in [1.165, 1.54) is 0 Å². The molecule has 2 heterocycles. The minimum atomic E-state index is -1.80. The lowest BCUT2D eigenvalue weighted by Crippen LogP contribution is -2.10. The SMILES string of the molecule is CCOC(=O)c1cnc(Sc2c(F)c(F)nc(F)c2F)nc1N. The highest BCUT2D eigenvalue weighted by molar-refractivity contribution is 7.99. The molecule has 0 saturated heterocycles. The third-order valence-corrected chi connectivity index (χ3v) is 3.38. The maximum absolute atomic E-state index is 13.5. The number of esters is 1. The van der Waals surface area contributed by atoms with E-state index in [0.29, 0.717) is 0 Å². The molecule has 0 unspecified atom stereocenters. The van der Waals surface area contributed by atoms with E-state index in [-0.39, 0.29) is 34.9 Å². The standard InChI is InChI=1S/C12H8F4N4O2S/c1-2-22-11(21)4-3-18-12(20-10(4)17)23-7-5(13)8(15)19-9(16)6(7)14/h3H,2H2,1H3,(H2,17,18,20). The fraction of sp³-hybridized carbons (Fsp3) is 0.167. The number of pyridine rings is 1. The van der Waals surface area contributed by atoms with Gasteiger partial charge in [-0.05, 0) is 18.7 Å². The zero-order valence-electron chi connectivity index (χ0n) is 11.4. The Hall–Kier alpha value is -2.43. The number of nitrogen functional groups attached to an aromatic ring is 1. The van der Waals surface area contributed by atoms with Gasteiger partial charge in [-0.1, -0.05) is 0 Å². The van der Waals surface area contributed by atoms with Crippen LogP contribution in [-0.4, -0.2) is 27.5 Å². The largest absolute Gasteiger partial charge is 0.462 e. The van der Waals surface area contributed by atoms with Crippen LogP contribution in [0.5, 0.6) is 0 Å². The molecule has 2 rings (SSSR count). The molecule has 0 bridgehead atoms. The smallest absolute Gasteiger partial charge is 0.343 e. The Kier molecular flexibility index (Phi) is 4.98. The van der Waals surface area contributed by atoms with E-state index in [2.05, 4.69) is 15.0 Å². The van der Waals surface area contributed by atoms with Gasteiger partial charge in [0.15, 0.2) is 16.8 Å². The summed E-state index contributed by atoms with van der Waals surface area (Å²) in [6, 6.07) is 0. The minimum Gasteiger partial charge on any atom is -0.462 e. The van der Waals surface area contributed by atoms with E-state index in [9.17, 15) is 22.4 Å². The van der Waals surface area contributed by atoms with Gasteiger partial charge in [0, 0.05) is 6.20 Å². The Morgan fingerprint density at radius 1 is 1.22 bits per heavy atom. The number of hydrogen-bond acceptors (Lipinski definition) is 7. The summed E-state index contributed by atoms with van der Waals surface area (Å²) in [4.78, 5) is 20.2. The van der Waals surface area contributed by atoms with Gasteiger partial charge in [-0.15, -0.1) is 0 Å². The molecule has 0 atom stereocenters. The summed E-state index contributed by atoms with van der Waals surface area (Å²) in [5, 5.41) is -0.321. The van der Waals surface area contributed by atoms with Crippen molar-refractivity contribution in [2.24, 2.45) is 0 Å². The van der Waals surface area contributed by atoms with Crippen molar-refractivity contribution in [2.75, 3.05) is 12.3 Å². The van der Waals surface area contributed by atoms with Crippen LogP contribution >= 0.6 is 11.8 Å². The van der Waals surface area contributed by atoms with Crippen molar-refractivity contribution in [1.82, 2.24) is 15.0 Å². The van der Waals surface area contributed by atoms with Crippen molar-refractivity contribution in [2.45, 2.75) is 17.0 Å². The molecule has 0 saturated carbocycles. The fourth-order valence-electron chi connectivity index (χ4n) is 1.44. The van der Waals surface area contributed by atoms with Gasteiger partial charge in [0.1, 0.15) is 11.4 Å². The number of nitrogens with zero attached hydrogens (tertiary/aromatic N) is 3. The third kappa shape index (κ3) is 3.50. The second kappa shape index (κ2) is 6.77. The van der Waals surface area contributed by atoms with E-state index in [4.69, 9.17) is 10.5 Å². The summed E-state index contributed by atoms with van der Waals surface area (Å²) >= 11 is 0.193. The number of hydrogen-bond donors (Lipinski definition) is 1. The molecule has 2 aromatic rings. The first-order valence-electron chi connectivity index (χ1n) is 6.02. The average molecular weight is 348 g/mol. The molecule has 11 heteroatoms. The van der Waals surface area contributed by atoms with Crippen LogP contribution in [0.4, 0.5) is 23.4 Å². The number of carbonyl (C=O) groups is 1. The lowest BCUT2D eigenvalue weighted by molar-refractivity contribution is 0.0526. The van der Waals surface area contributed by atoms with Crippen molar-refractivity contribution in [3.63, 3.8) is 0 Å². The molecule has 0 aromatic carbocycles. The van der Waals surface area contributed by atoms with Gasteiger partial charge < -0.3 is 10.5 Å². The van der Waals surface area contributed by atoms with Gasteiger partial charge in [0.05, 0.1) is 11.5 Å². The Morgan fingerprint density at radius 2 is 1.83 bits per heavy atom. The number of aromatic nitrogens is 3. The normalized spacial score (nSPS) is 10.7. The molecule has 23 heavy (non-hydrogen) atoms. The van der Waals surface area contributed by atoms with Crippen LogP contribution in [0.15, 0.2) is 16.2 Å². The van der Waals surface area contributed by atoms with Crippen LogP contribution in [0, 0.1) is 23.5 Å². The molecule has 2 aromatic heterocycles. The van der Waals surface area contributed by atoms with E-state index in [0.717, 1.165) is 6.20 Å². The van der Waals surface area contributed by atoms with Gasteiger partial charge in [-0.2, -0.15) is 13.8 Å². The number of rotatable bonds is 4. The zero-order valence-corrected chi connectivity index (χ0v) is 12.3. The molecule has 0 fully saturated rings. The summed E-state index contributed by atoms with van der Waals surface area (Å²) in [5.41, 5.74) is 5.38. The summed E-state index contributed by atoms with van der Waals surface area (Å²) < 4.78 is 57.8. The van der Waals surface area contributed by atoms with E-state index >= 15 is 0 Å². The van der Waals surface area contributed by atoms with E-state index in [1.807, 2.05) is 0 Å². The summed E-state index contributed by atoms with van der Waals surface area (Å²) in [6.45, 7) is 1.68. The van der Waals surface area contributed by atoms with Crippen LogP contribution in [0.3, 0.4) is 0 Å². The second-order valence-electron chi connectivity index (χ2n) is 3.92. The molecule has 0 amide bonds. The van der Waals surface area contributed by atoms with Crippen LogP contribution in [0.1, 0.15) is 17.3 Å². The Bertz CT molecular complexity index is 749. The average Bonchev–Trinajstić information content (AvgIpc) is 2.50. The second-order valence-corrected chi connectivity index (χ2v) is 4.90. The Balaban J connectivity index is 2.36. The molecule has 122 valence electrons. The maximum atomic E-state index is 13.5. The number of nitrogens with two attached hydrogens (primary N) is 1. The minimum absolute atomic E-state index is 0.0980. The van der Waals surface area contributed by atoms with Crippen LogP contribution in [0.25, 0.3) is 0 Å². The number of ether oxygens (including phenoxy) is 1. The fourth-order valence-corrected chi connectivity index (χ4v) is 2.22. The molecule has 0 aliphatic carbocycles. The lowest BCUT2D eigenvalue weighted by Gasteiger charge is -2.07. The molecule has 0 radical (unpaired) electrons. The summed E-state index contributed by atoms with van der Waals surface area (Å²) in [6.07, 6.45) is 0.979. The Labute approximate surface area is 131 Å². The number of halogens is 4. The third-order valence-electron chi connectivity index (χ3n) is 2.44. The Morgan fingerprint density at radius 3 is 2.35 bits per heavy atom. The molecule has 0 aliphatic heterocycles. The van der Waals surface area contributed by atoms with Crippen molar-refractivity contribution in [3.8, 4) is 0 Å². The molecule has 6 nitrogen and oxygen atoms in total. The lowest BCUT2D eigenvalue weighted by atomic mass is 10.3. The predicted molar refractivity (Wildman–Crippen MR) is 70.6 cm³/mol. The van der Waals surface area contributed by atoms with Crippen molar-refractivity contribution in [1.29, 1.82) is 0 Å². The quantitative estimate of drug-likeness (QED) is 0.392. The zero-order chi connectivity index (χ0) is 17.1. The number of anilines is 1. The van der Waals surface area contributed by atoms with Gasteiger partial charge in [-0.3, -0.25) is 0 Å². The topological polar surface area (TPSA) is 91.0 Å².